The average Bonchev–Trinajstić information content (AvgIpc) is 2.93. The van der Waals surface area contributed by atoms with Gasteiger partial charge >= 0.3 is 12.1 Å². The third-order valence-electron chi connectivity index (χ3n) is 6.44. The van der Waals surface area contributed by atoms with Crippen LogP contribution in [0, 0.1) is 5.82 Å². The average molecular weight is 542 g/mol. The Morgan fingerprint density at radius 2 is 1.67 bits per heavy atom. The summed E-state index contributed by atoms with van der Waals surface area (Å²) in [4.78, 5) is 19.2. The van der Waals surface area contributed by atoms with Gasteiger partial charge in [-0.15, -0.1) is 0 Å². The zero-order valence-electron chi connectivity index (χ0n) is 21.6. The van der Waals surface area contributed by atoms with E-state index in [2.05, 4.69) is 5.32 Å². The van der Waals surface area contributed by atoms with E-state index in [9.17, 15) is 22.4 Å². The van der Waals surface area contributed by atoms with E-state index in [4.69, 9.17) is 14.5 Å². The van der Waals surface area contributed by atoms with Crippen molar-refractivity contribution in [1.82, 2.24) is 10.2 Å². The summed E-state index contributed by atoms with van der Waals surface area (Å²) in [6.07, 6.45) is -4.57. The van der Waals surface area contributed by atoms with Crippen molar-refractivity contribution < 1.29 is 31.8 Å². The Hall–Kier alpha value is -4.34. The topological polar surface area (TPSA) is 63.2 Å². The van der Waals surface area contributed by atoms with Gasteiger partial charge in [0.05, 0.1) is 44.5 Å². The van der Waals surface area contributed by atoms with E-state index in [0.29, 0.717) is 17.0 Å². The molecule has 1 atom stereocenters. The summed E-state index contributed by atoms with van der Waals surface area (Å²) < 4.78 is 65.3. The van der Waals surface area contributed by atoms with Crippen LogP contribution in [-0.4, -0.2) is 31.0 Å². The molecule has 0 spiro atoms. The Balaban J connectivity index is 1.82. The van der Waals surface area contributed by atoms with E-state index >= 15 is 0 Å². The molecule has 0 aromatic heterocycles. The van der Waals surface area contributed by atoms with Crippen LogP contribution < -0.4 is 10.1 Å². The molecule has 1 aliphatic rings. The standard InChI is InChI=1S/C29H27F4N3O3/c1-18-25(27(37)39-3)26(20-10-12-22(30)13-11-20)35-28(34-16-19-8-14-23(38-2)15-9-19)36(18)17-21-6-4-5-7-24(21)29(31,32)33/h4-15,26H,16-17H2,1-3H3,(H,34,35). The maximum absolute atomic E-state index is 13.8. The first kappa shape index (κ1) is 27.7. The van der Waals surface area contributed by atoms with Gasteiger partial charge in [0.1, 0.15) is 11.6 Å². The highest BCUT2D eigenvalue weighted by molar-refractivity contribution is 5.96. The van der Waals surface area contributed by atoms with Gasteiger partial charge in [-0.3, -0.25) is 0 Å². The summed E-state index contributed by atoms with van der Waals surface area (Å²) >= 11 is 0. The maximum Gasteiger partial charge on any atom is 0.416 e. The molecule has 0 radical (unpaired) electrons. The summed E-state index contributed by atoms with van der Waals surface area (Å²) in [6.45, 7) is 1.61. The van der Waals surface area contributed by atoms with E-state index in [1.54, 1.807) is 26.2 Å². The van der Waals surface area contributed by atoms with Crippen molar-refractivity contribution in [2.45, 2.75) is 32.2 Å². The number of halogens is 4. The van der Waals surface area contributed by atoms with Gasteiger partial charge in [0.15, 0.2) is 5.96 Å². The van der Waals surface area contributed by atoms with Crippen molar-refractivity contribution >= 4 is 11.9 Å². The van der Waals surface area contributed by atoms with Gasteiger partial charge < -0.3 is 19.7 Å². The van der Waals surface area contributed by atoms with Crippen LogP contribution in [0.2, 0.25) is 0 Å². The number of aliphatic imine (C=N–C) groups is 1. The lowest BCUT2D eigenvalue weighted by molar-refractivity contribution is -0.139. The fraction of sp³-hybridized carbons (Fsp3) is 0.241. The Kier molecular flexibility index (Phi) is 8.23. The highest BCUT2D eigenvalue weighted by atomic mass is 19.4. The van der Waals surface area contributed by atoms with Gasteiger partial charge in [-0.2, -0.15) is 13.2 Å². The van der Waals surface area contributed by atoms with Crippen LogP contribution in [-0.2, 0) is 28.8 Å². The lowest BCUT2D eigenvalue weighted by Gasteiger charge is -2.38. The molecule has 1 unspecified atom stereocenters. The number of nitrogens with zero attached hydrogens (tertiary/aromatic N) is 2. The van der Waals surface area contributed by atoms with Crippen LogP contribution in [0.15, 0.2) is 89.1 Å². The van der Waals surface area contributed by atoms with Crippen LogP contribution in [0.4, 0.5) is 17.6 Å². The van der Waals surface area contributed by atoms with Crippen LogP contribution in [0.3, 0.4) is 0 Å². The molecule has 10 heteroatoms. The number of hydrogen-bond acceptors (Lipinski definition) is 4. The van der Waals surface area contributed by atoms with E-state index in [1.165, 1.54) is 54.5 Å². The van der Waals surface area contributed by atoms with E-state index in [1.807, 2.05) is 12.1 Å². The van der Waals surface area contributed by atoms with Crippen molar-refractivity contribution in [2.75, 3.05) is 14.2 Å². The molecule has 6 nitrogen and oxygen atoms in total. The molecule has 1 heterocycles. The summed E-state index contributed by atoms with van der Waals surface area (Å²) in [5.41, 5.74) is 1.15. The minimum Gasteiger partial charge on any atom is -0.497 e. The summed E-state index contributed by atoms with van der Waals surface area (Å²) in [6, 6.07) is 17.3. The SMILES string of the molecule is COC(=O)C1=C(C)N(Cc2ccccc2C(F)(F)F)C(=NCc2ccc(OC)cc2)NC1c1ccc(F)cc1. The van der Waals surface area contributed by atoms with Crippen LogP contribution in [0.25, 0.3) is 0 Å². The predicted octanol–water partition coefficient (Wildman–Crippen LogP) is 6.00. The number of allylic oxidation sites excluding steroid dienone is 1. The quantitative estimate of drug-likeness (QED) is 0.294. The first-order valence-corrected chi connectivity index (χ1v) is 12.0. The zero-order chi connectivity index (χ0) is 28.2. The van der Waals surface area contributed by atoms with Crippen LogP contribution >= 0.6 is 0 Å². The van der Waals surface area contributed by atoms with Gasteiger partial charge in [0.25, 0.3) is 0 Å². The number of carbonyl (C=O) groups excluding carboxylic acids is 1. The van der Waals surface area contributed by atoms with Gasteiger partial charge in [0.2, 0.25) is 0 Å². The second-order valence-electron chi connectivity index (χ2n) is 8.85. The van der Waals surface area contributed by atoms with Gasteiger partial charge in [0, 0.05) is 5.70 Å². The van der Waals surface area contributed by atoms with Crippen molar-refractivity contribution in [3.8, 4) is 5.75 Å². The zero-order valence-corrected chi connectivity index (χ0v) is 21.6. The van der Waals surface area contributed by atoms with Crippen molar-refractivity contribution in [3.63, 3.8) is 0 Å². The van der Waals surface area contributed by atoms with Gasteiger partial charge in [-0.1, -0.05) is 42.5 Å². The summed E-state index contributed by atoms with van der Waals surface area (Å²) in [7, 11) is 2.78. The number of carbonyl (C=O) groups is 1. The molecule has 3 aromatic carbocycles. The largest absolute Gasteiger partial charge is 0.497 e. The molecule has 0 amide bonds. The number of guanidine groups is 1. The van der Waals surface area contributed by atoms with Crippen LogP contribution in [0.5, 0.6) is 5.75 Å². The highest BCUT2D eigenvalue weighted by Crippen LogP contribution is 2.36. The molecular formula is C29H27F4N3O3. The number of benzene rings is 3. The number of methoxy groups -OCH3 is 2. The molecule has 0 aliphatic carbocycles. The van der Waals surface area contributed by atoms with E-state index < -0.39 is 29.6 Å². The molecule has 39 heavy (non-hydrogen) atoms. The number of ether oxygens (including phenoxy) is 2. The summed E-state index contributed by atoms with van der Waals surface area (Å²) in [5.74, 6) is -0.195. The normalized spacial score (nSPS) is 16.7. The lowest BCUT2D eigenvalue weighted by atomic mass is 9.94. The first-order chi connectivity index (χ1) is 18.6. The third kappa shape index (κ3) is 6.22. The molecule has 204 valence electrons. The highest BCUT2D eigenvalue weighted by Gasteiger charge is 2.38. The second kappa shape index (κ2) is 11.6. The molecule has 4 rings (SSSR count). The fourth-order valence-electron chi connectivity index (χ4n) is 4.40. The van der Waals surface area contributed by atoms with Crippen LogP contribution in [0.1, 0.15) is 35.2 Å². The minimum atomic E-state index is -4.57. The number of alkyl halides is 3. The number of rotatable bonds is 7. The Morgan fingerprint density at radius 1 is 1.00 bits per heavy atom. The first-order valence-electron chi connectivity index (χ1n) is 12.0. The molecule has 1 aliphatic heterocycles. The summed E-state index contributed by atoms with van der Waals surface area (Å²) in [5, 5.41) is 3.20. The molecule has 0 saturated carbocycles. The van der Waals surface area contributed by atoms with E-state index in [0.717, 1.165) is 11.6 Å². The van der Waals surface area contributed by atoms with E-state index in [-0.39, 0.29) is 30.2 Å². The Morgan fingerprint density at radius 3 is 2.28 bits per heavy atom. The monoisotopic (exact) mass is 541 g/mol. The molecule has 1 N–H and O–H groups in total. The fourth-order valence-corrected chi connectivity index (χ4v) is 4.40. The molecule has 0 fully saturated rings. The Labute approximate surface area is 223 Å². The number of esters is 1. The Bertz CT molecular complexity index is 1380. The maximum atomic E-state index is 13.8. The van der Waals surface area contributed by atoms with Crippen molar-refractivity contribution in [3.05, 3.63) is 112 Å². The molecule has 0 bridgehead atoms. The number of hydrogen-bond donors (Lipinski definition) is 1. The second-order valence-corrected chi connectivity index (χ2v) is 8.85. The predicted molar refractivity (Wildman–Crippen MR) is 138 cm³/mol. The smallest absolute Gasteiger partial charge is 0.416 e. The van der Waals surface area contributed by atoms with Crippen molar-refractivity contribution in [2.24, 2.45) is 4.99 Å². The molecule has 0 saturated heterocycles. The number of nitrogens with one attached hydrogen (secondary N) is 1. The van der Waals surface area contributed by atoms with Gasteiger partial charge in [-0.25, -0.2) is 14.2 Å². The minimum absolute atomic E-state index is 0.00717. The van der Waals surface area contributed by atoms with Gasteiger partial charge in [-0.05, 0) is 53.9 Å². The molecule has 3 aromatic rings. The van der Waals surface area contributed by atoms with Crippen molar-refractivity contribution in [1.29, 1.82) is 0 Å². The molecular weight excluding hydrogens is 514 g/mol. The third-order valence-corrected chi connectivity index (χ3v) is 6.44. The lowest BCUT2D eigenvalue weighted by Crippen LogP contribution is -2.48.